The van der Waals surface area contributed by atoms with Crippen molar-refractivity contribution in [3.63, 3.8) is 0 Å². The molecular formula is C19H23N3OS. The molecule has 0 radical (unpaired) electrons. The molecule has 1 amide bonds. The number of nitrogens with zero attached hydrogens (tertiary/aromatic N) is 3. The van der Waals surface area contributed by atoms with E-state index in [1.54, 1.807) is 11.3 Å². The Labute approximate surface area is 147 Å². The Hall–Kier alpha value is -1.72. The third kappa shape index (κ3) is 3.52. The van der Waals surface area contributed by atoms with Crippen LogP contribution in [0.5, 0.6) is 0 Å². The molecule has 0 aromatic carbocycles. The smallest absolute Gasteiger partial charge is 0.227 e. The average molecular weight is 341 g/mol. The van der Waals surface area contributed by atoms with Crippen LogP contribution in [0.4, 0.5) is 0 Å². The highest BCUT2D eigenvalue weighted by Gasteiger charge is 2.36. The van der Waals surface area contributed by atoms with Gasteiger partial charge >= 0.3 is 0 Å². The van der Waals surface area contributed by atoms with E-state index < -0.39 is 0 Å². The van der Waals surface area contributed by atoms with E-state index in [4.69, 9.17) is 0 Å². The SMILES string of the molecule is O=C(Cc1ccsc1)N1CC2CCC1CN(Cc1ccccn1)C2. The van der Waals surface area contributed by atoms with Crippen LogP contribution < -0.4 is 0 Å². The number of pyridine rings is 1. The highest BCUT2D eigenvalue weighted by atomic mass is 32.1. The molecule has 4 nitrogen and oxygen atoms in total. The molecule has 2 aromatic heterocycles. The number of piperidine rings is 1. The summed E-state index contributed by atoms with van der Waals surface area (Å²) in [6, 6.07) is 8.52. The lowest BCUT2D eigenvalue weighted by Crippen LogP contribution is -2.47. The van der Waals surface area contributed by atoms with Crippen LogP contribution in [0.1, 0.15) is 24.1 Å². The molecule has 3 aliphatic heterocycles. The first kappa shape index (κ1) is 15.8. The Bertz CT molecular complexity index is 673. The maximum Gasteiger partial charge on any atom is 0.227 e. The Kier molecular flexibility index (Phi) is 4.63. The van der Waals surface area contributed by atoms with Gasteiger partial charge in [0.2, 0.25) is 5.91 Å². The van der Waals surface area contributed by atoms with Crippen molar-refractivity contribution in [2.24, 2.45) is 5.92 Å². The summed E-state index contributed by atoms with van der Waals surface area (Å²) < 4.78 is 0. The second kappa shape index (κ2) is 7.03. The van der Waals surface area contributed by atoms with Crippen LogP contribution in [0, 0.1) is 5.92 Å². The largest absolute Gasteiger partial charge is 0.338 e. The lowest BCUT2D eigenvalue weighted by atomic mass is 9.94. The number of fused-ring (bicyclic) bond motifs is 4. The molecule has 3 aliphatic rings. The predicted octanol–water partition coefficient (Wildman–Crippen LogP) is 2.81. The molecule has 2 aromatic rings. The molecule has 2 bridgehead atoms. The zero-order chi connectivity index (χ0) is 16.4. The highest BCUT2D eigenvalue weighted by Crippen LogP contribution is 2.29. The van der Waals surface area contributed by atoms with Crippen molar-refractivity contribution >= 4 is 17.2 Å². The van der Waals surface area contributed by atoms with Crippen LogP contribution in [0.25, 0.3) is 0 Å². The van der Waals surface area contributed by atoms with Crippen molar-refractivity contribution in [1.82, 2.24) is 14.8 Å². The molecule has 0 saturated carbocycles. The number of hydrogen-bond acceptors (Lipinski definition) is 4. The Morgan fingerprint density at radius 3 is 2.96 bits per heavy atom. The first-order chi connectivity index (χ1) is 11.8. The normalized spacial score (nSPS) is 24.1. The third-order valence-corrected chi connectivity index (χ3v) is 5.89. The summed E-state index contributed by atoms with van der Waals surface area (Å²) in [4.78, 5) is 21.9. The zero-order valence-corrected chi connectivity index (χ0v) is 14.6. The summed E-state index contributed by atoms with van der Waals surface area (Å²) in [5.41, 5.74) is 2.27. The minimum atomic E-state index is 0.294. The van der Waals surface area contributed by atoms with Crippen molar-refractivity contribution in [1.29, 1.82) is 0 Å². The van der Waals surface area contributed by atoms with Crippen LogP contribution in [0.3, 0.4) is 0 Å². The van der Waals surface area contributed by atoms with Gasteiger partial charge in [-0.15, -0.1) is 0 Å². The van der Waals surface area contributed by atoms with Crippen molar-refractivity contribution in [3.05, 3.63) is 52.5 Å². The number of carbonyl (C=O) groups is 1. The fourth-order valence-corrected chi connectivity index (χ4v) is 4.67. The summed E-state index contributed by atoms with van der Waals surface area (Å²) in [7, 11) is 0. The van der Waals surface area contributed by atoms with Gasteiger partial charge in [0.15, 0.2) is 0 Å². The average Bonchev–Trinajstić information content (AvgIpc) is 2.95. The van der Waals surface area contributed by atoms with Gasteiger partial charge in [-0.1, -0.05) is 6.07 Å². The van der Waals surface area contributed by atoms with E-state index in [1.165, 1.54) is 6.42 Å². The maximum atomic E-state index is 12.8. The summed E-state index contributed by atoms with van der Waals surface area (Å²) in [5, 5.41) is 4.13. The van der Waals surface area contributed by atoms with Gasteiger partial charge in [-0.3, -0.25) is 14.7 Å². The monoisotopic (exact) mass is 341 g/mol. The zero-order valence-electron chi connectivity index (χ0n) is 13.8. The topological polar surface area (TPSA) is 36.4 Å². The second-order valence-corrected chi connectivity index (χ2v) is 7.75. The van der Waals surface area contributed by atoms with Gasteiger partial charge in [0.1, 0.15) is 0 Å². The van der Waals surface area contributed by atoms with Gasteiger partial charge in [-0.25, -0.2) is 0 Å². The van der Waals surface area contributed by atoms with E-state index in [2.05, 4.69) is 32.3 Å². The van der Waals surface area contributed by atoms with Crippen molar-refractivity contribution in [3.8, 4) is 0 Å². The Balaban J connectivity index is 1.43. The van der Waals surface area contributed by atoms with Crippen LogP contribution in [-0.2, 0) is 17.8 Å². The molecule has 2 atom stereocenters. The molecule has 3 fully saturated rings. The van der Waals surface area contributed by atoms with Gasteiger partial charge < -0.3 is 4.90 Å². The Morgan fingerprint density at radius 2 is 2.17 bits per heavy atom. The number of hydrogen-bond donors (Lipinski definition) is 0. The highest BCUT2D eigenvalue weighted by molar-refractivity contribution is 7.08. The van der Waals surface area contributed by atoms with E-state index in [1.807, 2.05) is 23.7 Å². The minimum Gasteiger partial charge on any atom is -0.338 e. The molecule has 126 valence electrons. The Morgan fingerprint density at radius 1 is 1.21 bits per heavy atom. The number of carbonyl (C=O) groups excluding carboxylic acids is 1. The quantitative estimate of drug-likeness (QED) is 0.858. The van der Waals surface area contributed by atoms with Gasteiger partial charge in [-0.2, -0.15) is 11.3 Å². The molecule has 0 spiro atoms. The summed E-state index contributed by atoms with van der Waals surface area (Å²) >= 11 is 1.66. The molecule has 0 aliphatic carbocycles. The summed E-state index contributed by atoms with van der Waals surface area (Å²) in [5.74, 6) is 0.890. The molecule has 24 heavy (non-hydrogen) atoms. The fourth-order valence-electron chi connectivity index (χ4n) is 4.00. The van der Waals surface area contributed by atoms with E-state index in [0.29, 0.717) is 24.3 Å². The first-order valence-electron chi connectivity index (χ1n) is 8.71. The minimum absolute atomic E-state index is 0.294. The van der Waals surface area contributed by atoms with Crippen molar-refractivity contribution in [2.45, 2.75) is 31.8 Å². The number of aromatic nitrogens is 1. The van der Waals surface area contributed by atoms with Crippen LogP contribution >= 0.6 is 11.3 Å². The third-order valence-electron chi connectivity index (χ3n) is 5.16. The number of thiophene rings is 1. The van der Waals surface area contributed by atoms with E-state index >= 15 is 0 Å². The molecule has 5 rings (SSSR count). The van der Waals surface area contributed by atoms with Gasteiger partial charge in [0, 0.05) is 38.4 Å². The molecule has 3 saturated heterocycles. The number of amides is 1. The standard InChI is InChI=1S/C19H23N3OS/c23-19(9-15-6-8-24-14-15)22-11-16-4-5-18(22)13-21(10-16)12-17-3-1-2-7-20-17/h1-3,6-8,14,16,18H,4-5,9-13H2. The maximum absolute atomic E-state index is 12.8. The molecule has 2 unspecified atom stereocenters. The van der Waals surface area contributed by atoms with Crippen molar-refractivity contribution < 1.29 is 4.79 Å². The number of rotatable bonds is 4. The van der Waals surface area contributed by atoms with Crippen LogP contribution in [0.2, 0.25) is 0 Å². The fraction of sp³-hybridized carbons (Fsp3) is 0.474. The van der Waals surface area contributed by atoms with Gasteiger partial charge in [-0.05, 0) is 53.3 Å². The summed E-state index contributed by atoms with van der Waals surface area (Å²) in [6.45, 7) is 3.87. The van der Waals surface area contributed by atoms with Crippen LogP contribution in [0.15, 0.2) is 41.2 Å². The van der Waals surface area contributed by atoms with E-state index in [0.717, 1.165) is 43.9 Å². The van der Waals surface area contributed by atoms with Gasteiger partial charge in [0.05, 0.1) is 12.1 Å². The van der Waals surface area contributed by atoms with E-state index in [9.17, 15) is 4.79 Å². The van der Waals surface area contributed by atoms with Gasteiger partial charge in [0.25, 0.3) is 0 Å². The first-order valence-corrected chi connectivity index (χ1v) is 9.65. The molecular weight excluding hydrogens is 318 g/mol. The molecule has 0 N–H and O–H groups in total. The molecule has 5 heteroatoms. The molecule has 5 heterocycles. The van der Waals surface area contributed by atoms with E-state index in [-0.39, 0.29) is 0 Å². The van der Waals surface area contributed by atoms with Crippen molar-refractivity contribution in [2.75, 3.05) is 19.6 Å². The lowest BCUT2D eigenvalue weighted by Gasteiger charge is -2.36. The predicted molar refractivity (Wildman–Crippen MR) is 95.8 cm³/mol. The van der Waals surface area contributed by atoms with Crippen LogP contribution in [-0.4, -0.2) is 46.4 Å². The second-order valence-electron chi connectivity index (χ2n) is 6.97. The summed E-state index contributed by atoms with van der Waals surface area (Å²) in [6.07, 6.45) is 4.79. The lowest BCUT2D eigenvalue weighted by molar-refractivity contribution is -0.134.